The largest absolute Gasteiger partial charge is 0.489 e. The van der Waals surface area contributed by atoms with Crippen molar-refractivity contribution >= 4 is 68.6 Å². The van der Waals surface area contributed by atoms with Crippen molar-refractivity contribution in [2.75, 3.05) is 6.54 Å². The van der Waals surface area contributed by atoms with E-state index in [2.05, 4.69) is 0 Å². The molecule has 0 spiro atoms. The van der Waals surface area contributed by atoms with Crippen molar-refractivity contribution in [2.45, 2.75) is 6.61 Å². The van der Waals surface area contributed by atoms with E-state index < -0.39 is 12.5 Å². The number of carboxylic acid groups (broad SMARTS) is 1. The topological polar surface area (TPSA) is 66.8 Å². The van der Waals surface area contributed by atoms with Crippen molar-refractivity contribution in [2.24, 2.45) is 0 Å². The quantitative estimate of drug-likeness (QED) is 0.387. The van der Waals surface area contributed by atoms with Gasteiger partial charge < -0.3 is 9.84 Å². The van der Waals surface area contributed by atoms with Crippen molar-refractivity contribution in [3.05, 3.63) is 81.7 Å². The predicted molar refractivity (Wildman–Crippen MR) is 127 cm³/mol. The standard InChI is InChI=1S/C23H16ClNO4S2/c24-18-3-1-2-15(9-18)13-29-19-7-6-16-8-14(4-5-17(16)11-19)10-20-22(28)25(12-21(26)27)23(30)31-20/h1-11H,12-13H2,(H,26,27)/b20-10-. The molecule has 1 fully saturated rings. The van der Waals surface area contributed by atoms with Crippen molar-refractivity contribution < 1.29 is 19.4 Å². The minimum atomic E-state index is -1.10. The molecule has 1 heterocycles. The minimum absolute atomic E-state index is 0.251. The summed E-state index contributed by atoms with van der Waals surface area (Å²) in [6.45, 7) is -0.0139. The molecule has 1 amide bonds. The number of thioether (sulfide) groups is 1. The maximum Gasteiger partial charge on any atom is 0.323 e. The van der Waals surface area contributed by atoms with Crippen molar-refractivity contribution in [1.82, 2.24) is 4.90 Å². The van der Waals surface area contributed by atoms with E-state index in [9.17, 15) is 9.59 Å². The highest BCUT2D eigenvalue weighted by Gasteiger charge is 2.33. The molecule has 0 aliphatic carbocycles. The lowest BCUT2D eigenvalue weighted by Crippen LogP contribution is -2.33. The van der Waals surface area contributed by atoms with Crippen LogP contribution in [-0.4, -0.2) is 32.7 Å². The number of carbonyl (C=O) groups is 2. The van der Waals surface area contributed by atoms with Gasteiger partial charge in [0, 0.05) is 5.02 Å². The first-order valence-electron chi connectivity index (χ1n) is 9.27. The van der Waals surface area contributed by atoms with E-state index in [1.54, 1.807) is 6.08 Å². The summed E-state index contributed by atoms with van der Waals surface area (Å²) >= 11 is 12.2. The summed E-state index contributed by atoms with van der Waals surface area (Å²) in [5.41, 5.74) is 1.82. The maximum absolute atomic E-state index is 12.4. The van der Waals surface area contributed by atoms with Gasteiger partial charge in [0.05, 0.1) is 4.91 Å². The molecule has 31 heavy (non-hydrogen) atoms. The first-order valence-corrected chi connectivity index (χ1v) is 10.9. The zero-order chi connectivity index (χ0) is 22.0. The Balaban J connectivity index is 1.50. The Morgan fingerprint density at radius 1 is 1.13 bits per heavy atom. The second-order valence-electron chi connectivity index (χ2n) is 6.85. The molecule has 5 nitrogen and oxygen atoms in total. The molecule has 0 saturated carbocycles. The molecule has 0 radical (unpaired) electrons. The number of benzene rings is 3. The third-order valence-electron chi connectivity index (χ3n) is 4.60. The van der Waals surface area contributed by atoms with E-state index >= 15 is 0 Å². The Bertz CT molecular complexity index is 1240. The Morgan fingerprint density at radius 3 is 2.68 bits per heavy atom. The van der Waals surface area contributed by atoms with Gasteiger partial charge in [-0.1, -0.05) is 65.9 Å². The monoisotopic (exact) mass is 469 g/mol. The number of hydrogen-bond acceptors (Lipinski definition) is 5. The second-order valence-corrected chi connectivity index (χ2v) is 8.96. The normalized spacial score (nSPS) is 15.1. The minimum Gasteiger partial charge on any atom is -0.489 e. The van der Waals surface area contributed by atoms with Gasteiger partial charge in [0.15, 0.2) is 0 Å². The summed E-state index contributed by atoms with van der Waals surface area (Å²) in [7, 11) is 0. The van der Waals surface area contributed by atoms with Gasteiger partial charge in [-0.05, 0) is 58.3 Å². The Kier molecular flexibility index (Phi) is 6.27. The number of thiocarbonyl (C=S) groups is 1. The van der Waals surface area contributed by atoms with Gasteiger partial charge in [-0.2, -0.15) is 0 Å². The van der Waals surface area contributed by atoms with E-state index in [4.69, 9.17) is 33.7 Å². The van der Waals surface area contributed by atoms with Crippen LogP contribution in [0.3, 0.4) is 0 Å². The lowest BCUT2D eigenvalue weighted by Gasteiger charge is -2.10. The molecule has 3 aromatic carbocycles. The molecule has 3 aromatic rings. The van der Waals surface area contributed by atoms with Crippen LogP contribution >= 0.6 is 35.6 Å². The van der Waals surface area contributed by atoms with Crippen LogP contribution in [0.1, 0.15) is 11.1 Å². The Hall–Kier alpha value is -2.87. The average Bonchev–Trinajstić information content (AvgIpc) is 2.99. The lowest BCUT2D eigenvalue weighted by atomic mass is 10.1. The van der Waals surface area contributed by atoms with Gasteiger partial charge >= 0.3 is 5.97 Å². The van der Waals surface area contributed by atoms with Gasteiger partial charge in [-0.25, -0.2) is 0 Å². The average molecular weight is 470 g/mol. The van der Waals surface area contributed by atoms with Gasteiger partial charge in [-0.3, -0.25) is 14.5 Å². The number of aliphatic carboxylic acids is 1. The predicted octanol–water partition coefficient (Wildman–Crippen LogP) is 5.36. The highest BCUT2D eigenvalue weighted by atomic mass is 35.5. The Labute approximate surface area is 193 Å². The first kappa shape index (κ1) is 21.4. The molecule has 156 valence electrons. The molecule has 4 rings (SSSR count). The molecule has 1 aliphatic rings. The van der Waals surface area contributed by atoms with E-state index in [0.29, 0.717) is 16.5 Å². The lowest BCUT2D eigenvalue weighted by molar-refractivity contribution is -0.140. The number of carboxylic acids is 1. The first-order chi connectivity index (χ1) is 14.9. The number of halogens is 1. The van der Waals surface area contributed by atoms with Crippen LogP contribution < -0.4 is 4.74 Å². The van der Waals surface area contributed by atoms with Crippen molar-refractivity contribution in [3.63, 3.8) is 0 Å². The summed E-state index contributed by atoms with van der Waals surface area (Å²) in [5.74, 6) is -0.742. The summed E-state index contributed by atoms with van der Waals surface area (Å²) in [4.78, 5) is 24.9. The van der Waals surface area contributed by atoms with Gasteiger partial charge in [0.2, 0.25) is 0 Å². The van der Waals surface area contributed by atoms with Crippen molar-refractivity contribution in [3.8, 4) is 5.75 Å². The molecule has 8 heteroatoms. The van der Waals surface area contributed by atoms with E-state index in [-0.39, 0.29) is 10.2 Å². The highest BCUT2D eigenvalue weighted by molar-refractivity contribution is 8.26. The highest BCUT2D eigenvalue weighted by Crippen LogP contribution is 2.33. The molecule has 0 bridgehead atoms. The number of nitrogens with zero attached hydrogens (tertiary/aromatic N) is 1. The van der Waals surface area contributed by atoms with Gasteiger partial charge in [0.1, 0.15) is 23.2 Å². The van der Waals surface area contributed by atoms with Crippen molar-refractivity contribution in [1.29, 1.82) is 0 Å². The van der Waals surface area contributed by atoms with Crippen LogP contribution in [0.2, 0.25) is 5.02 Å². The SMILES string of the molecule is O=C(O)CN1C(=O)/C(=C/c2ccc3cc(OCc4cccc(Cl)c4)ccc3c2)SC1=S. The Morgan fingerprint density at radius 2 is 1.90 bits per heavy atom. The molecule has 0 atom stereocenters. The molecule has 0 unspecified atom stereocenters. The number of carbonyl (C=O) groups excluding carboxylic acids is 1. The van der Waals surface area contributed by atoms with E-state index in [0.717, 1.165) is 44.3 Å². The second kappa shape index (κ2) is 9.09. The molecule has 1 aliphatic heterocycles. The molecular formula is C23H16ClNO4S2. The van der Waals surface area contributed by atoms with Crippen LogP contribution in [0, 0.1) is 0 Å². The smallest absolute Gasteiger partial charge is 0.323 e. The maximum atomic E-state index is 12.4. The molecule has 1 saturated heterocycles. The zero-order valence-electron chi connectivity index (χ0n) is 16.1. The van der Waals surface area contributed by atoms with Crippen LogP contribution in [0.15, 0.2) is 65.6 Å². The summed E-state index contributed by atoms with van der Waals surface area (Å²) in [6.07, 6.45) is 1.73. The summed E-state index contributed by atoms with van der Waals surface area (Å²) in [6, 6.07) is 19.1. The summed E-state index contributed by atoms with van der Waals surface area (Å²) < 4.78 is 6.13. The molecule has 0 aromatic heterocycles. The zero-order valence-corrected chi connectivity index (χ0v) is 18.5. The van der Waals surface area contributed by atoms with Crippen LogP contribution in [0.5, 0.6) is 5.75 Å². The number of amides is 1. The molecular weight excluding hydrogens is 454 g/mol. The van der Waals surface area contributed by atoms with Crippen LogP contribution in [0.25, 0.3) is 16.8 Å². The number of hydrogen-bond donors (Lipinski definition) is 1. The molecule has 1 N–H and O–H groups in total. The number of ether oxygens (including phenoxy) is 1. The van der Waals surface area contributed by atoms with Crippen LogP contribution in [0.4, 0.5) is 0 Å². The fourth-order valence-electron chi connectivity index (χ4n) is 3.14. The fraction of sp³-hybridized carbons (Fsp3) is 0.0870. The van der Waals surface area contributed by atoms with Crippen LogP contribution in [-0.2, 0) is 16.2 Å². The fourth-order valence-corrected chi connectivity index (χ4v) is 4.61. The third kappa shape index (κ3) is 5.07. The van der Waals surface area contributed by atoms with Gasteiger partial charge in [-0.15, -0.1) is 0 Å². The van der Waals surface area contributed by atoms with E-state index in [1.807, 2.05) is 60.7 Å². The van der Waals surface area contributed by atoms with Gasteiger partial charge in [0.25, 0.3) is 5.91 Å². The summed E-state index contributed by atoms with van der Waals surface area (Å²) in [5, 5.41) is 11.6. The van der Waals surface area contributed by atoms with E-state index in [1.165, 1.54) is 0 Å². The number of rotatable bonds is 6. The number of fused-ring (bicyclic) bond motifs is 1. The third-order valence-corrected chi connectivity index (χ3v) is 6.21.